The topological polar surface area (TPSA) is 41.5 Å². The highest BCUT2D eigenvalue weighted by atomic mass is 32.7. The van der Waals surface area contributed by atoms with Gasteiger partial charge in [-0.15, -0.1) is 0 Å². The molecule has 5 heteroatoms. The Morgan fingerprint density at radius 2 is 0.895 bits per heavy atom. The Hall–Kier alpha value is 0.660. The quantitative estimate of drug-likeness (QED) is 0.502. The minimum atomic E-state index is -3.44. The largest absolute Gasteiger partial charge is 0.648 e. The van der Waals surface area contributed by atoms with Crippen LogP contribution < -0.4 is 4.89 Å². The summed E-state index contributed by atoms with van der Waals surface area (Å²) in [5.74, 6) is 1.04. The van der Waals surface area contributed by atoms with Gasteiger partial charge < -0.3 is 17.1 Å². The van der Waals surface area contributed by atoms with E-state index in [1.807, 2.05) is 55.4 Å². The molecule has 0 aromatic rings. The zero-order valence-electron chi connectivity index (χ0n) is 13.5. The summed E-state index contributed by atoms with van der Waals surface area (Å²) in [5, 5.41) is 0. The molecule has 0 spiro atoms. The lowest BCUT2D eigenvalue weighted by Crippen LogP contribution is -2.33. The van der Waals surface area contributed by atoms with Crippen molar-refractivity contribution in [1.29, 1.82) is 0 Å². The first-order chi connectivity index (χ1) is 8.48. The van der Waals surface area contributed by atoms with Gasteiger partial charge in [-0.1, -0.05) is 55.4 Å². The average Bonchev–Trinajstić information content (AvgIpc) is 2.21. The molecule has 0 unspecified atom stereocenters. The Balaban J connectivity index is 4.77. The van der Waals surface area contributed by atoms with Crippen LogP contribution in [0.1, 0.15) is 55.4 Å². The highest BCUT2D eigenvalue weighted by Crippen LogP contribution is 2.55. The highest BCUT2D eigenvalue weighted by Gasteiger charge is 2.31. The molecule has 19 heavy (non-hydrogen) atoms. The molecular weight excluding hydrogens is 279 g/mol. The predicted molar refractivity (Wildman–Crippen MR) is 83.4 cm³/mol. The lowest BCUT2D eigenvalue weighted by atomic mass is 9.97. The van der Waals surface area contributed by atoms with E-state index in [0.29, 0.717) is 0 Å². The second-order valence-corrected chi connectivity index (χ2v) is 9.22. The van der Waals surface area contributed by atoms with Crippen LogP contribution in [-0.4, -0.2) is 12.2 Å². The van der Waals surface area contributed by atoms with Gasteiger partial charge in [-0.3, -0.25) is 0 Å². The van der Waals surface area contributed by atoms with Crippen molar-refractivity contribution in [3.63, 3.8) is 0 Å². The SMILES string of the molecule is CC(C)C(O[P+]([O-])([S-])OC(C(C)C)C(C)C)C(C)C. The van der Waals surface area contributed by atoms with Crippen molar-refractivity contribution in [3.05, 3.63) is 0 Å². The second kappa shape index (κ2) is 8.19. The average molecular weight is 309 g/mol. The summed E-state index contributed by atoms with van der Waals surface area (Å²) in [7, 11) is -3.44. The van der Waals surface area contributed by atoms with Gasteiger partial charge in [-0.25, -0.2) is 9.05 Å². The first-order valence-corrected chi connectivity index (χ1v) is 9.71. The number of rotatable bonds is 8. The van der Waals surface area contributed by atoms with E-state index >= 15 is 0 Å². The van der Waals surface area contributed by atoms with Crippen LogP contribution in [0.2, 0.25) is 0 Å². The highest BCUT2D eigenvalue weighted by molar-refractivity contribution is 8.34. The summed E-state index contributed by atoms with van der Waals surface area (Å²) >= 11 is 5.08. The van der Waals surface area contributed by atoms with Gasteiger partial charge in [0.1, 0.15) is 19.4 Å². The van der Waals surface area contributed by atoms with Crippen LogP contribution in [0.4, 0.5) is 0 Å². The van der Waals surface area contributed by atoms with E-state index in [4.69, 9.17) is 21.3 Å². The summed E-state index contributed by atoms with van der Waals surface area (Å²) in [6, 6.07) is 0. The van der Waals surface area contributed by atoms with Crippen molar-refractivity contribution >= 4 is 19.4 Å². The maximum absolute atomic E-state index is 12.4. The molecule has 0 aliphatic carbocycles. The molecule has 0 bridgehead atoms. The maximum Gasteiger partial charge on any atom is 0.116 e. The monoisotopic (exact) mass is 309 g/mol. The van der Waals surface area contributed by atoms with Crippen molar-refractivity contribution in [2.45, 2.75) is 67.6 Å². The Bertz CT molecular complexity index is 215. The van der Waals surface area contributed by atoms with Crippen molar-refractivity contribution in [2.75, 3.05) is 0 Å². The van der Waals surface area contributed by atoms with Gasteiger partial charge in [-0.05, 0) is 23.7 Å². The molecule has 3 nitrogen and oxygen atoms in total. The summed E-state index contributed by atoms with van der Waals surface area (Å²) in [5.41, 5.74) is 0. The van der Waals surface area contributed by atoms with Crippen LogP contribution >= 0.6 is 7.15 Å². The molecule has 0 atom stereocenters. The molecule has 0 fully saturated rings. The van der Waals surface area contributed by atoms with E-state index in [-0.39, 0.29) is 35.9 Å². The molecule has 0 amide bonds. The predicted octanol–water partition coefficient (Wildman–Crippen LogP) is 3.97. The Kier molecular flexibility index (Phi) is 8.47. The fourth-order valence-corrected chi connectivity index (χ4v) is 4.57. The molecule has 0 aromatic carbocycles. The van der Waals surface area contributed by atoms with Gasteiger partial charge in [0.05, 0.1) is 0 Å². The first-order valence-electron chi connectivity index (χ1n) is 7.15. The number of hydrogen-bond acceptors (Lipinski definition) is 4. The van der Waals surface area contributed by atoms with E-state index in [2.05, 4.69) is 0 Å². The Morgan fingerprint density at radius 3 is 1.05 bits per heavy atom. The van der Waals surface area contributed by atoms with Crippen LogP contribution in [-0.2, 0) is 21.3 Å². The van der Waals surface area contributed by atoms with Crippen molar-refractivity contribution in [2.24, 2.45) is 23.7 Å². The van der Waals surface area contributed by atoms with Gasteiger partial charge in [0, 0.05) is 0 Å². The molecule has 0 heterocycles. The van der Waals surface area contributed by atoms with Crippen molar-refractivity contribution < 1.29 is 13.9 Å². The third-order valence-electron chi connectivity index (χ3n) is 3.13. The van der Waals surface area contributed by atoms with Crippen LogP contribution in [0.15, 0.2) is 0 Å². The minimum Gasteiger partial charge on any atom is -0.648 e. The zero-order valence-corrected chi connectivity index (χ0v) is 15.3. The molecule has 116 valence electrons. The molecule has 0 saturated carbocycles. The molecule has 0 radical (unpaired) electrons. The van der Waals surface area contributed by atoms with E-state index in [1.165, 1.54) is 0 Å². The van der Waals surface area contributed by atoms with Crippen LogP contribution in [0, 0.1) is 23.7 Å². The minimum absolute atomic E-state index is 0.136. The van der Waals surface area contributed by atoms with Crippen molar-refractivity contribution in [1.82, 2.24) is 0 Å². The third kappa shape index (κ3) is 7.29. The maximum atomic E-state index is 12.4. The van der Waals surface area contributed by atoms with Gasteiger partial charge in [-0.2, -0.15) is 0 Å². The third-order valence-corrected chi connectivity index (χ3v) is 4.65. The van der Waals surface area contributed by atoms with Gasteiger partial charge in [0.25, 0.3) is 0 Å². The van der Waals surface area contributed by atoms with E-state index in [9.17, 15) is 4.89 Å². The van der Waals surface area contributed by atoms with Crippen molar-refractivity contribution in [3.8, 4) is 0 Å². The molecule has 0 aromatic heterocycles. The van der Waals surface area contributed by atoms with Crippen LogP contribution in [0.5, 0.6) is 0 Å². The van der Waals surface area contributed by atoms with Gasteiger partial charge in [0.15, 0.2) is 0 Å². The Morgan fingerprint density at radius 1 is 0.684 bits per heavy atom. The fraction of sp³-hybridized carbons (Fsp3) is 1.00. The molecular formula is C14H30O3PS-. The zero-order chi connectivity index (χ0) is 15.4. The first kappa shape index (κ1) is 19.7. The van der Waals surface area contributed by atoms with Gasteiger partial charge in [0.2, 0.25) is 0 Å². The molecule has 0 N–H and O–H groups in total. The smallest absolute Gasteiger partial charge is 0.116 e. The molecule has 0 aliphatic heterocycles. The van der Waals surface area contributed by atoms with Crippen LogP contribution in [0.25, 0.3) is 0 Å². The lowest BCUT2D eigenvalue weighted by Gasteiger charge is -2.42. The van der Waals surface area contributed by atoms with E-state index in [1.54, 1.807) is 0 Å². The normalized spacial score (nSPS) is 13.9. The number of hydrogen-bond donors (Lipinski definition) is 0. The van der Waals surface area contributed by atoms with E-state index in [0.717, 1.165) is 0 Å². The summed E-state index contributed by atoms with van der Waals surface area (Å²) < 4.78 is 11.3. The Labute approximate surface area is 125 Å². The summed E-state index contributed by atoms with van der Waals surface area (Å²) in [6.45, 7) is 16.4. The molecule has 0 aliphatic rings. The van der Waals surface area contributed by atoms with Gasteiger partial charge >= 0.3 is 0 Å². The molecule has 0 rings (SSSR count). The molecule has 0 saturated heterocycles. The summed E-state index contributed by atoms with van der Waals surface area (Å²) in [4.78, 5) is 12.4. The second-order valence-electron chi connectivity index (χ2n) is 6.56. The lowest BCUT2D eigenvalue weighted by molar-refractivity contribution is -0.223. The van der Waals surface area contributed by atoms with Crippen LogP contribution in [0.3, 0.4) is 0 Å². The fourth-order valence-electron chi connectivity index (χ4n) is 2.35. The van der Waals surface area contributed by atoms with E-state index < -0.39 is 7.15 Å². The standard InChI is InChI=1S/C14H31O3PS/c1-9(2)13(10(3)4)16-18(15,19)17-14(11(5)6)12(7)8/h9-14H,1-8H3,(H,15,19)/p-1. The summed E-state index contributed by atoms with van der Waals surface area (Å²) in [6.07, 6.45) is -0.272.